The molecule has 0 heterocycles. The van der Waals surface area contributed by atoms with Crippen LogP contribution in [0.5, 0.6) is 5.75 Å². The minimum absolute atomic E-state index is 0.439. The molecule has 0 saturated carbocycles. The minimum Gasteiger partial charge on any atom is -0.496 e. The molecular formula is C18H22ClNO. The maximum absolute atomic E-state index is 6.15. The molecule has 0 aliphatic heterocycles. The van der Waals surface area contributed by atoms with Crippen molar-refractivity contribution in [1.29, 1.82) is 0 Å². The first-order valence-corrected chi connectivity index (χ1v) is 7.56. The average molecular weight is 304 g/mol. The van der Waals surface area contributed by atoms with Crippen molar-refractivity contribution in [3.63, 3.8) is 0 Å². The van der Waals surface area contributed by atoms with Crippen molar-refractivity contribution in [3.8, 4) is 16.9 Å². The summed E-state index contributed by atoms with van der Waals surface area (Å²) in [6.45, 7) is 7.15. The van der Waals surface area contributed by atoms with Gasteiger partial charge in [-0.05, 0) is 53.4 Å². The fourth-order valence-corrected chi connectivity index (χ4v) is 2.54. The van der Waals surface area contributed by atoms with Crippen LogP contribution in [0, 0.1) is 6.92 Å². The Morgan fingerprint density at radius 1 is 1.14 bits per heavy atom. The van der Waals surface area contributed by atoms with Crippen LogP contribution in [0.3, 0.4) is 0 Å². The van der Waals surface area contributed by atoms with Crippen molar-refractivity contribution >= 4 is 11.6 Å². The van der Waals surface area contributed by atoms with Crippen LogP contribution in [0.1, 0.15) is 25.0 Å². The molecule has 0 fully saturated rings. The van der Waals surface area contributed by atoms with Crippen molar-refractivity contribution < 1.29 is 4.74 Å². The van der Waals surface area contributed by atoms with E-state index in [1.54, 1.807) is 7.11 Å². The van der Waals surface area contributed by atoms with Gasteiger partial charge < -0.3 is 10.1 Å². The number of hydrogen-bond donors (Lipinski definition) is 1. The molecule has 0 unspecified atom stereocenters. The Balaban J connectivity index is 2.40. The molecule has 2 rings (SSSR count). The molecule has 2 aromatic carbocycles. The van der Waals surface area contributed by atoms with Crippen LogP contribution in [-0.4, -0.2) is 13.2 Å². The summed E-state index contributed by atoms with van der Waals surface area (Å²) in [5, 5.41) is 4.22. The average Bonchev–Trinajstić information content (AvgIpc) is 2.45. The van der Waals surface area contributed by atoms with Gasteiger partial charge in [0, 0.05) is 17.6 Å². The first-order chi connectivity index (χ1) is 10.0. The quantitative estimate of drug-likeness (QED) is 0.855. The van der Waals surface area contributed by atoms with Gasteiger partial charge in [0.25, 0.3) is 0 Å². The third-order valence-electron chi connectivity index (χ3n) is 3.47. The molecule has 0 atom stereocenters. The zero-order valence-electron chi connectivity index (χ0n) is 13.0. The van der Waals surface area contributed by atoms with E-state index in [1.165, 1.54) is 16.7 Å². The van der Waals surface area contributed by atoms with E-state index in [2.05, 4.69) is 44.3 Å². The number of benzene rings is 2. The molecule has 0 aliphatic carbocycles. The lowest BCUT2D eigenvalue weighted by Gasteiger charge is -2.14. The molecule has 0 aliphatic rings. The maximum Gasteiger partial charge on any atom is 0.121 e. The molecule has 0 spiro atoms. The van der Waals surface area contributed by atoms with Crippen LogP contribution >= 0.6 is 11.6 Å². The molecule has 112 valence electrons. The number of ether oxygens (including phenoxy) is 1. The summed E-state index contributed by atoms with van der Waals surface area (Å²) >= 11 is 6.15. The second kappa shape index (κ2) is 6.97. The summed E-state index contributed by atoms with van der Waals surface area (Å²) < 4.78 is 5.33. The second-order valence-electron chi connectivity index (χ2n) is 5.52. The summed E-state index contributed by atoms with van der Waals surface area (Å²) in [6, 6.07) is 12.8. The van der Waals surface area contributed by atoms with Crippen molar-refractivity contribution in [3.05, 3.63) is 52.5 Å². The highest BCUT2D eigenvalue weighted by atomic mass is 35.5. The van der Waals surface area contributed by atoms with Crippen LogP contribution in [0.2, 0.25) is 5.02 Å². The number of nitrogens with one attached hydrogen (secondary N) is 1. The van der Waals surface area contributed by atoms with Crippen molar-refractivity contribution in [2.45, 2.75) is 33.4 Å². The highest BCUT2D eigenvalue weighted by molar-refractivity contribution is 6.30. The van der Waals surface area contributed by atoms with Gasteiger partial charge in [-0.25, -0.2) is 0 Å². The predicted molar refractivity (Wildman–Crippen MR) is 90.2 cm³/mol. The van der Waals surface area contributed by atoms with E-state index < -0.39 is 0 Å². The van der Waals surface area contributed by atoms with Gasteiger partial charge in [0.2, 0.25) is 0 Å². The van der Waals surface area contributed by atoms with Crippen molar-refractivity contribution in [2.24, 2.45) is 0 Å². The number of rotatable bonds is 5. The Labute approximate surface area is 132 Å². The van der Waals surface area contributed by atoms with E-state index in [1.807, 2.05) is 18.2 Å². The summed E-state index contributed by atoms with van der Waals surface area (Å²) in [7, 11) is 1.70. The fraction of sp³-hybridized carbons (Fsp3) is 0.333. The van der Waals surface area contributed by atoms with Crippen molar-refractivity contribution in [2.75, 3.05) is 7.11 Å². The highest BCUT2D eigenvalue weighted by Crippen LogP contribution is 2.30. The largest absolute Gasteiger partial charge is 0.496 e. The van der Waals surface area contributed by atoms with E-state index >= 15 is 0 Å². The Kier molecular flexibility index (Phi) is 5.27. The molecule has 1 N–H and O–H groups in total. The van der Waals surface area contributed by atoms with Crippen LogP contribution < -0.4 is 10.1 Å². The Bertz CT molecular complexity index is 623. The van der Waals surface area contributed by atoms with Gasteiger partial charge in [-0.3, -0.25) is 0 Å². The van der Waals surface area contributed by atoms with E-state index in [0.717, 1.165) is 22.9 Å². The minimum atomic E-state index is 0.439. The zero-order valence-corrected chi connectivity index (χ0v) is 13.8. The normalized spacial score (nSPS) is 11.0. The van der Waals surface area contributed by atoms with Gasteiger partial charge >= 0.3 is 0 Å². The Hall–Kier alpha value is -1.51. The molecule has 0 saturated heterocycles. The maximum atomic E-state index is 6.15. The highest BCUT2D eigenvalue weighted by Gasteiger charge is 2.08. The summed E-state index contributed by atoms with van der Waals surface area (Å²) in [6.07, 6.45) is 0. The van der Waals surface area contributed by atoms with Crippen LogP contribution in [0.4, 0.5) is 0 Å². The van der Waals surface area contributed by atoms with E-state index in [9.17, 15) is 0 Å². The summed E-state index contributed by atoms with van der Waals surface area (Å²) in [4.78, 5) is 0. The molecule has 0 amide bonds. The Morgan fingerprint density at radius 3 is 2.52 bits per heavy atom. The number of aryl methyl sites for hydroxylation is 1. The SMILES string of the molecule is COc1ccc(-c2ccc(Cl)cc2CNC(C)C)cc1C. The molecular weight excluding hydrogens is 282 g/mol. The fourth-order valence-electron chi connectivity index (χ4n) is 2.35. The zero-order chi connectivity index (χ0) is 15.4. The summed E-state index contributed by atoms with van der Waals surface area (Å²) in [5.74, 6) is 0.912. The summed E-state index contributed by atoms with van der Waals surface area (Å²) in [5.41, 5.74) is 4.73. The molecule has 0 radical (unpaired) electrons. The third-order valence-corrected chi connectivity index (χ3v) is 3.71. The topological polar surface area (TPSA) is 21.3 Å². The lowest BCUT2D eigenvalue weighted by atomic mass is 9.97. The van der Waals surface area contributed by atoms with Crippen LogP contribution in [0.15, 0.2) is 36.4 Å². The monoisotopic (exact) mass is 303 g/mol. The molecule has 2 nitrogen and oxygen atoms in total. The van der Waals surface area contributed by atoms with Crippen molar-refractivity contribution in [1.82, 2.24) is 5.32 Å². The van der Waals surface area contributed by atoms with E-state index in [4.69, 9.17) is 16.3 Å². The van der Waals surface area contributed by atoms with Gasteiger partial charge in [0.1, 0.15) is 5.75 Å². The van der Waals surface area contributed by atoms with Gasteiger partial charge in [-0.15, -0.1) is 0 Å². The number of hydrogen-bond acceptors (Lipinski definition) is 2. The molecule has 2 aromatic rings. The van der Waals surface area contributed by atoms with Gasteiger partial charge in [0.15, 0.2) is 0 Å². The standard InChI is InChI=1S/C18H22ClNO/c1-12(2)20-11-15-10-16(19)6-7-17(15)14-5-8-18(21-4)13(3)9-14/h5-10,12,20H,11H2,1-4H3. The smallest absolute Gasteiger partial charge is 0.121 e. The van der Waals surface area contributed by atoms with Gasteiger partial charge in [-0.2, -0.15) is 0 Å². The Morgan fingerprint density at radius 2 is 1.90 bits per heavy atom. The third kappa shape index (κ3) is 3.99. The second-order valence-corrected chi connectivity index (χ2v) is 5.96. The van der Waals surface area contributed by atoms with Gasteiger partial charge in [-0.1, -0.05) is 37.6 Å². The molecule has 21 heavy (non-hydrogen) atoms. The predicted octanol–water partition coefficient (Wildman–Crippen LogP) is 4.82. The molecule has 3 heteroatoms. The van der Waals surface area contributed by atoms with Gasteiger partial charge in [0.05, 0.1) is 7.11 Å². The lowest BCUT2D eigenvalue weighted by Crippen LogP contribution is -2.22. The van der Waals surface area contributed by atoms with Crippen LogP contribution in [0.25, 0.3) is 11.1 Å². The van der Waals surface area contributed by atoms with E-state index in [0.29, 0.717) is 6.04 Å². The molecule has 0 bridgehead atoms. The number of halogens is 1. The first-order valence-electron chi connectivity index (χ1n) is 7.18. The van der Waals surface area contributed by atoms with E-state index in [-0.39, 0.29) is 0 Å². The number of methoxy groups -OCH3 is 1. The lowest BCUT2D eigenvalue weighted by molar-refractivity contribution is 0.412. The molecule has 0 aromatic heterocycles. The van der Waals surface area contributed by atoms with Crippen LogP contribution in [-0.2, 0) is 6.54 Å². The first kappa shape index (κ1) is 15.9.